The second-order valence-corrected chi connectivity index (χ2v) is 3.65. The zero-order valence-corrected chi connectivity index (χ0v) is 8.96. The van der Waals surface area contributed by atoms with Crippen molar-refractivity contribution >= 4 is 0 Å². The molecule has 86 valence electrons. The maximum absolute atomic E-state index is 9.41. The van der Waals surface area contributed by atoms with Crippen molar-refractivity contribution in [2.45, 2.75) is 0 Å². The first-order chi connectivity index (χ1) is 8.33. The first kappa shape index (κ1) is 9.89. The van der Waals surface area contributed by atoms with Gasteiger partial charge in [-0.25, -0.2) is 0 Å². The van der Waals surface area contributed by atoms with Crippen LogP contribution in [0.25, 0.3) is 11.3 Å². The van der Waals surface area contributed by atoms with Crippen LogP contribution in [0.4, 0.5) is 0 Å². The number of rotatable bonds is 1. The van der Waals surface area contributed by atoms with E-state index in [1.165, 1.54) is 0 Å². The van der Waals surface area contributed by atoms with Gasteiger partial charge in [-0.3, -0.25) is 0 Å². The summed E-state index contributed by atoms with van der Waals surface area (Å²) in [6.45, 7) is 1.01. The Balaban J connectivity index is 2.04. The van der Waals surface area contributed by atoms with Gasteiger partial charge in [0.05, 0.1) is 5.69 Å². The molecule has 0 atom stereocenters. The number of hydrogen-bond acceptors (Lipinski definition) is 5. The Kier molecular flexibility index (Phi) is 2.29. The summed E-state index contributed by atoms with van der Waals surface area (Å²) in [5.74, 6) is 1.20. The Hall–Kier alpha value is -2.30. The summed E-state index contributed by atoms with van der Waals surface area (Å²) in [7, 11) is 0. The van der Waals surface area contributed by atoms with Crippen molar-refractivity contribution in [2.75, 3.05) is 13.2 Å². The van der Waals surface area contributed by atoms with E-state index in [4.69, 9.17) is 9.47 Å². The average Bonchev–Trinajstić information content (AvgIpc) is 2.38. The van der Waals surface area contributed by atoms with Crippen LogP contribution in [0.1, 0.15) is 0 Å². The highest BCUT2D eigenvalue weighted by molar-refractivity contribution is 5.62. The highest BCUT2D eigenvalue weighted by atomic mass is 16.6. The number of hydrogen-bond donors (Lipinski definition) is 1. The Morgan fingerprint density at radius 3 is 2.82 bits per heavy atom. The van der Waals surface area contributed by atoms with Gasteiger partial charge >= 0.3 is 0 Å². The van der Waals surface area contributed by atoms with Crippen molar-refractivity contribution in [1.29, 1.82) is 0 Å². The maximum Gasteiger partial charge on any atom is 0.276 e. The zero-order valence-electron chi connectivity index (χ0n) is 8.96. The predicted octanol–water partition coefficient (Wildman–Crippen LogP) is 1.62. The van der Waals surface area contributed by atoms with Crippen LogP contribution >= 0.6 is 0 Å². The van der Waals surface area contributed by atoms with Crippen molar-refractivity contribution in [2.24, 2.45) is 0 Å². The summed E-state index contributed by atoms with van der Waals surface area (Å²) >= 11 is 0. The molecular formula is C12H10N2O3. The van der Waals surface area contributed by atoms with Crippen LogP contribution in [0.5, 0.6) is 17.4 Å². The lowest BCUT2D eigenvalue weighted by molar-refractivity contribution is 0.162. The van der Waals surface area contributed by atoms with Gasteiger partial charge in [-0.05, 0) is 12.1 Å². The zero-order chi connectivity index (χ0) is 11.7. The lowest BCUT2D eigenvalue weighted by Gasteiger charge is -2.16. The molecule has 1 aromatic heterocycles. The van der Waals surface area contributed by atoms with E-state index in [1.807, 2.05) is 6.07 Å². The molecular weight excluding hydrogens is 220 g/mol. The normalized spacial score (nSPS) is 13.4. The molecule has 1 aliphatic heterocycles. The smallest absolute Gasteiger partial charge is 0.276 e. The van der Waals surface area contributed by atoms with Crippen molar-refractivity contribution in [3.05, 3.63) is 30.3 Å². The van der Waals surface area contributed by atoms with Gasteiger partial charge in [0.2, 0.25) is 0 Å². The van der Waals surface area contributed by atoms with Gasteiger partial charge in [-0.2, -0.15) is 0 Å². The number of benzene rings is 1. The molecule has 0 aliphatic carbocycles. The Bertz CT molecular complexity index is 557. The summed E-state index contributed by atoms with van der Waals surface area (Å²) in [6, 6.07) is 8.59. The van der Waals surface area contributed by atoms with Crippen LogP contribution in [0.2, 0.25) is 0 Å². The van der Waals surface area contributed by atoms with Gasteiger partial charge in [0.25, 0.3) is 5.88 Å². The lowest BCUT2D eigenvalue weighted by Crippen LogP contribution is -2.16. The minimum Gasteiger partial charge on any atom is -0.508 e. The molecule has 0 unspecified atom stereocenters. The van der Waals surface area contributed by atoms with E-state index in [9.17, 15) is 5.11 Å². The standard InChI is InChI=1S/C12H10N2O3/c15-9-3-1-2-8(6-9)10-7-11-12(14-13-10)17-5-4-16-11/h1-3,6-7,15H,4-5H2. The number of fused-ring (bicyclic) bond motifs is 1. The first-order valence-electron chi connectivity index (χ1n) is 5.26. The van der Waals surface area contributed by atoms with E-state index in [0.717, 1.165) is 5.56 Å². The molecule has 0 bridgehead atoms. The summed E-state index contributed by atoms with van der Waals surface area (Å²) < 4.78 is 10.7. The van der Waals surface area contributed by atoms with E-state index >= 15 is 0 Å². The maximum atomic E-state index is 9.41. The first-order valence-corrected chi connectivity index (χ1v) is 5.26. The SMILES string of the molecule is Oc1cccc(-c2cc3c(nn2)OCCO3)c1. The van der Waals surface area contributed by atoms with Crippen molar-refractivity contribution < 1.29 is 14.6 Å². The third-order valence-corrected chi connectivity index (χ3v) is 2.45. The molecule has 5 heteroatoms. The second kappa shape index (κ2) is 3.93. The molecule has 0 saturated carbocycles. The minimum absolute atomic E-state index is 0.194. The van der Waals surface area contributed by atoms with Crippen LogP contribution in [0.3, 0.4) is 0 Å². The molecule has 0 amide bonds. The molecule has 0 radical (unpaired) electrons. The van der Waals surface area contributed by atoms with Crippen LogP contribution in [0.15, 0.2) is 30.3 Å². The van der Waals surface area contributed by atoms with E-state index in [2.05, 4.69) is 10.2 Å². The van der Waals surface area contributed by atoms with Crippen molar-refractivity contribution in [3.63, 3.8) is 0 Å². The summed E-state index contributed by atoms with van der Waals surface area (Å²) in [5.41, 5.74) is 1.43. The number of phenols is 1. The summed E-state index contributed by atoms with van der Waals surface area (Å²) in [4.78, 5) is 0. The van der Waals surface area contributed by atoms with E-state index in [0.29, 0.717) is 30.5 Å². The van der Waals surface area contributed by atoms with E-state index in [1.54, 1.807) is 24.3 Å². The van der Waals surface area contributed by atoms with E-state index < -0.39 is 0 Å². The molecule has 0 fully saturated rings. The Labute approximate surface area is 97.6 Å². The van der Waals surface area contributed by atoms with Crippen LogP contribution in [0, 0.1) is 0 Å². The van der Waals surface area contributed by atoms with Crippen molar-refractivity contribution in [3.8, 4) is 28.6 Å². The number of nitrogens with zero attached hydrogens (tertiary/aromatic N) is 2. The second-order valence-electron chi connectivity index (χ2n) is 3.65. The fourth-order valence-corrected chi connectivity index (χ4v) is 1.66. The molecule has 17 heavy (non-hydrogen) atoms. The molecule has 1 aliphatic rings. The van der Waals surface area contributed by atoms with Gasteiger partial charge in [0.15, 0.2) is 5.75 Å². The molecule has 2 heterocycles. The van der Waals surface area contributed by atoms with Crippen LogP contribution in [-0.2, 0) is 0 Å². The van der Waals surface area contributed by atoms with Crippen LogP contribution in [-0.4, -0.2) is 28.5 Å². The largest absolute Gasteiger partial charge is 0.508 e. The predicted molar refractivity (Wildman–Crippen MR) is 60.1 cm³/mol. The Morgan fingerprint density at radius 1 is 1.06 bits per heavy atom. The van der Waals surface area contributed by atoms with E-state index in [-0.39, 0.29) is 5.75 Å². The third-order valence-electron chi connectivity index (χ3n) is 2.45. The monoisotopic (exact) mass is 230 g/mol. The molecule has 3 rings (SSSR count). The summed E-state index contributed by atoms with van der Waals surface area (Å²) in [6.07, 6.45) is 0. The molecule has 5 nitrogen and oxygen atoms in total. The lowest BCUT2D eigenvalue weighted by atomic mass is 10.1. The van der Waals surface area contributed by atoms with Gasteiger partial charge in [-0.1, -0.05) is 12.1 Å². The molecule has 0 saturated heterocycles. The minimum atomic E-state index is 0.194. The number of phenolic OH excluding ortho intramolecular Hbond substituents is 1. The molecule has 2 aromatic rings. The fourth-order valence-electron chi connectivity index (χ4n) is 1.66. The van der Waals surface area contributed by atoms with Gasteiger partial charge in [-0.15, -0.1) is 10.2 Å². The third kappa shape index (κ3) is 1.87. The van der Waals surface area contributed by atoms with Crippen LogP contribution < -0.4 is 9.47 Å². The fraction of sp³-hybridized carbons (Fsp3) is 0.167. The van der Waals surface area contributed by atoms with Crippen molar-refractivity contribution in [1.82, 2.24) is 10.2 Å². The number of ether oxygens (including phenoxy) is 2. The molecule has 0 spiro atoms. The summed E-state index contributed by atoms with van der Waals surface area (Å²) in [5, 5.41) is 17.4. The van der Waals surface area contributed by atoms with Gasteiger partial charge in [0, 0.05) is 11.6 Å². The highest BCUT2D eigenvalue weighted by Crippen LogP contribution is 2.31. The number of aromatic hydroxyl groups is 1. The average molecular weight is 230 g/mol. The number of aromatic nitrogens is 2. The Morgan fingerprint density at radius 2 is 1.94 bits per heavy atom. The molecule has 1 N–H and O–H groups in total. The topological polar surface area (TPSA) is 64.5 Å². The quantitative estimate of drug-likeness (QED) is 0.806. The highest BCUT2D eigenvalue weighted by Gasteiger charge is 2.15. The van der Waals surface area contributed by atoms with Gasteiger partial charge < -0.3 is 14.6 Å². The van der Waals surface area contributed by atoms with Gasteiger partial charge in [0.1, 0.15) is 19.0 Å². The molecule has 1 aromatic carbocycles.